The van der Waals surface area contributed by atoms with Crippen LogP contribution in [0.4, 0.5) is 0 Å². The third-order valence-electron chi connectivity index (χ3n) is 3.62. The topological polar surface area (TPSA) is 34.9 Å². The summed E-state index contributed by atoms with van der Waals surface area (Å²) in [5.41, 5.74) is 2.84. The van der Waals surface area contributed by atoms with Gasteiger partial charge in [0, 0.05) is 22.7 Å². The SMILES string of the molecule is O=Cc1cccc2c1ccn2Cc1nc2ccccc2s1. The molecule has 0 radical (unpaired) electrons. The Kier molecular flexibility index (Phi) is 2.82. The molecule has 2 aromatic heterocycles. The van der Waals surface area contributed by atoms with Crippen LogP contribution >= 0.6 is 11.3 Å². The molecule has 0 atom stereocenters. The number of thiazole rings is 1. The number of carbonyl (C=O) groups excluding carboxylic acids is 1. The Hall–Kier alpha value is -2.46. The van der Waals surface area contributed by atoms with Crippen LogP contribution in [0.1, 0.15) is 15.4 Å². The third-order valence-corrected chi connectivity index (χ3v) is 4.64. The second-order valence-corrected chi connectivity index (χ2v) is 6.03. The lowest BCUT2D eigenvalue weighted by Gasteiger charge is -2.03. The van der Waals surface area contributed by atoms with E-state index in [1.54, 1.807) is 11.3 Å². The van der Waals surface area contributed by atoms with Gasteiger partial charge in [-0.15, -0.1) is 11.3 Å². The fourth-order valence-electron chi connectivity index (χ4n) is 2.62. The van der Waals surface area contributed by atoms with Crippen LogP contribution in [0.25, 0.3) is 21.1 Å². The highest BCUT2D eigenvalue weighted by molar-refractivity contribution is 7.18. The fourth-order valence-corrected chi connectivity index (χ4v) is 3.59. The number of aromatic nitrogens is 2. The highest BCUT2D eigenvalue weighted by atomic mass is 32.1. The van der Waals surface area contributed by atoms with Crippen molar-refractivity contribution in [2.45, 2.75) is 6.54 Å². The third kappa shape index (κ3) is 2.04. The van der Waals surface area contributed by atoms with Gasteiger partial charge < -0.3 is 4.57 Å². The van der Waals surface area contributed by atoms with E-state index in [9.17, 15) is 4.79 Å². The van der Waals surface area contributed by atoms with Crippen LogP contribution in [-0.4, -0.2) is 15.8 Å². The summed E-state index contributed by atoms with van der Waals surface area (Å²) in [6.07, 6.45) is 2.92. The molecule has 21 heavy (non-hydrogen) atoms. The molecule has 2 heterocycles. The van der Waals surface area contributed by atoms with Gasteiger partial charge in [0.05, 0.1) is 16.8 Å². The number of hydrogen-bond acceptors (Lipinski definition) is 3. The van der Waals surface area contributed by atoms with Gasteiger partial charge in [-0.25, -0.2) is 4.98 Å². The first-order valence-corrected chi connectivity index (χ1v) is 7.54. The number of benzene rings is 2. The Balaban J connectivity index is 1.78. The molecule has 0 N–H and O–H groups in total. The van der Waals surface area contributed by atoms with Crippen LogP contribution in [-0.2, 0) is 6.54 Å². The summed E-state index contributed by atoms with van der Waals surface area (Å²) in [6, 6.07) is 16.0. The highest BCUT2D eigenvalue weighted by Crippen LogP contribution is 2.25. The summed E-state index contributed by atoms with van der Waals surface area (Å²) in [4.78, 5) is 15.8. The van der Waals surface area contributed by atoms with Gasteiger partial charge in [-0.05, 0) is 24.3 Å². The monoisotopic (exact) mass is 292 g/mol. The average Bonchev–Trinajstić information content (AvgIpc) is 3.11. The van der Waals surface area contributed by atoms with Crippen LogP contribution in [0, 0.1) is 0 Å². The van der Waals surface area contributed by atoms with Gasteiger partial charge in [0.1, 0.15) is 5.01 Å². The fraction of sp³-hybridized carbons (Fsp3) is 0.0588. The first kappa shape index (κ1) is 12.3. The van der Waals surface area contributed by atoms with E-state index in [0.717, 1.165) is 39.8 Å². The van der Waals surface area contributed by atoms with Gasteiger partial charge in [-0.3, -0.25) is 4.79 Å². The van der Waals surface area contributed by atoms with E-state index in [1.807, 2.05) is 48.7 Å². The minimum atomic E-state index is 0.727. The first-order valence-electron chi connectivity index (χ1n) is 6.72. The lowest BCUT2D eigenvalue weighted by atomic mass is 10.1. The van der Waals surface area contributed by atoms with Crippen molar-refractivity contribution in [2.75, 3.05) is 0 Å². The maximum atomic E-state index is 11.1. The molecular formula is C17H12N2OS. The van der Waals surface area contributed by atoms with E-state index in [1.165, 1.54) is 4.70 Å². The summed E-state index contributed by atoms with van der Waals surface area (Å²) >= 11 is 1.71. The maximum Gasteiger partial charge on any atom is 0.150 e. The Morgan fingerprint density at radius 3 is 2.86 bits per heavy atom. The lowest BCUT2D eigenvalue weighted by Crippen LogP contribution is -1.97. The van der Waals surface area contributed by atoms with Gasteiger partial charge >= 0.3 is 0 Å². The minimum absolute atomic E-state index is 0.727. The molecule has 2 aromatic carbocycles. The predicted molar refractivity (Wildman–Crippen MR) is 86.0 cm³/mol. The smallest absolute Gasteiger partial charge is 0.150 e. The second-order valence-electron chi connectivity index (χ2n) is 4.92. The molecule has 0 bridgehead atoms. The van der Waals surface area contributed by atoms with Crippen molar-refractivity contribution in [3.8, 4) is 0 Å². The quantitative estimate of drug-likeness (QED) is 0.533. The summed E-state index contributed by atoms with van der Waals surface area (Å²) in [5, 5.41) is 2.07. The van der Waals surface area contributed by atoms with Gasteiger partial charge in [0.15, 0.2) is 6.29 Å². The van der Waals surface area contributed by atoms with Gasteiger partial charge in [-0.1, -0.05) is 24.3 Å². The lowest BCUT2D eigenvalue weighted by molar-refractivity contribution is 0.112. The zero-order valence-electron chi connectivity index (χ0n) is 11.2. The number of fused-ring (bicyclic) bond motifs is 2. The Morgan fingerprint density at radius 1 is 1.10 bits per heavy atom. The molecule has 4 aromatic rings. The molecular weight excluding hydrogens is 280 g/mol. The molecule has 4 rings (SSSR count). The van der Waals surface area contributed by atoms with E-state index in [-0.39, 0.29) is 0 Å². The molecule has 0 fully saturated rings. The van der Waals surface area contributed by atoms with E-state index >= 15 is 0 Å². The van der Waals surface area contributed by atoms with Crippen LogP contribution in [0.15, 0.2) is 54.7 Å². The molecule has 102 valence electrons. The average molecular weight is 292 g/mol. The maximum absolute atomic E-state index is 11.1. The molecule has 3 nitrogen and oxygen atoms in total. The predicted octanol–water partition coefficient (Wildman–Crippen LogP) is 4.11. The van der Waals surface area contributed by atoms with Gasteiger partial charge in [0.25, 0.3) is 0 Å². The minimum Gasteiger partial charge on any atom is -0.341 e. The standard InChI is InChI=1S/C17H12N2OS/c20-11-12-4-3-6-15-13(12)8-9-19(15)10-17-18-14-5-1-2-7-16(14)21-17/h1-9,11H,10H2. The van der Waals surface area contributed by atoms with Crippen LogP contribution in [0.3, 0.4) is 0 Å². The number of rotatable bonds is 3. The van der Waals surface area contributed by atoms with Gasteiger partial charge in [-0.2, -0.15) is 0 Å². The summed E-state index contributed by atoms with van der Waals surface area (Å²) < 4.78 is 3.34. The van der Waals surface area contributed by atoms with Crippen molar-refractivity contribution in [1.29, 1.82) is 0 Å². The van der Waals surface area contributed by atoms with Crippen molar-refractivity contribution < 1.29 is 4.79 Å². The van der Waals surface area contributed by atoms with Crippen molar-refractivity contribution >= 4 is 38.7 Å². The Labute approximate surface area is 125 Å². The van der Waals surface area contributed by atoms with Crippen molar-refractivity contribution in [3.05, 3.63) is 65.3 Å². The highest BCUT2D eigenvalue weighted by Gasteiger charge is 2.08. The molecule has 0 amide bonds. The van der Waals surface area contributed by atoms with Crippen LogP contribution in [0.2, 0.25) is 0 Å². The summed E-state index contributed by atoms with van der Waals surface area (Å²) in [6.45, 7) is 0.727. The van der Waals surface area contributed by atoms with Crippen LogP contribution < -0.4 is 0 Å². The Morgan fingerprint density at radius 2 is 2.00 bits per heavy atom. The first-order chi connectivity index (χ1) is 10.3. The number of para-hydroxylation sites is 1. The number of carbonyl (C=O) groups is 1. The van der Waals surface area contributed by atoms with Crippen molar-refractivity contribution in [2.24, 2.45) is 0 Å². The summed E-state index contributed by atoms with van der Waals surface area (Å²) in [5.74, 6) is 0. The molecule has 0 aliphatic carbocycles. The zero-order chi connectivity index (χ0) is 14.2. The molecule has 0 aliphatic heterocycles. The van der Waals surface area contributed by atoms with E-state index in [2.05, 4.69) is 15.6 Å². The molecule has 0 unspecified atom stereocenters. The van der Waals surface area contributed by atoms with E-state index in [4.69, 9.17) is 0 Å². The normalized spacial score (nSPS) is 11.2. The Bertz CT molecular complexity index is 919. The van der Waals surface area contributed by atoms with Gasteiger partial charge in [0.2, 0.25) is 0 Å². The second kappa shape index (κ2) is 4.82. The zero-order valence-corrected chi connectivity index (χ0v) is 12.0. The molecule has 0 aliphatic rings. The van der Waals surface area contributed by atoms with E-state index < -0.39 is 0 Å². The summed E-state index contributed by atoms with van der Waals surface area (Å²) in [7, 11) is 0. The van der Waals surface area contributed by atoms with Crippen molar-refractivity contribution in [1.82, 2.24) is 9.55 Å². The number of aldehydes is 1. The number of hydrogen-bond donors (Lipinski definition) is 0. The largest absolute Gasteiger partial charge is 0.341 e. The van der Waals surface area contributed by atoms with Crippen LogP contribution in [0.5, 0.6) is 0 Å². The molecule has 0 saturated carbocycles. The molecule has 4 heteroatoms. The molecule has 0 spiro atoms. The van der Waals surface area contributed by atoms with Crippen molar-refractivity contribution in [3.63, 3.8) is 0 Å². The van der Waals surface area contributed by atoms with E-state index in [0.29, 0.717) is 0 Å². The molecule has 0 saturated heterocycles. The number of nitrogens with zero attached hydrogens (tertiary/aromatic N) is 2.